The molecular weight excluding hydrogens is 268 g/mol. The van der Waals surface area contributed by atoms with E-state index in [1.54, 1.807) is 23.5 Å². The fourth-order valence-corrected chi connectivity index (χ4v) is 3.23. The van der Waals surface area contributed by atoms with E-state index < -0.39 is 0 Å². The lowest BCUT2D eigenvalue weighted by Crippen LogP contribution is -1.89. The first-order chi connectivity index (χ1) is 9.86. The first-order valence-electron chi connectivity index (χ1n) is 6.08. The third-order valence-corrected chi connectivity index (χ3v) is 4.22. The summed E-state index contributed by atoms with van der Waals surface area (Å²) >= 11 is 1.69. The number of aromatic nitrogens is 3. The van der Waals surface area contributed by atoms with Gasteiger partial charge in [0.05, 0.1) is 11.6 Å². The minimum atomic E-state index is 0.589. The van der Waals surface area contributed by atoms with Gasteiger partial charge in [0, 0.05) is 33.3 Å². The second-order valence-corrected chi connectivity index (χ2v) is 5.34. The number of nitriles is 1. The molecule has 0 saturated carbocycles. The molecule has 0 spiro atoms. The summed E-state index contributed by atoms with van der Waals surface area (Å²) in [4.78, 5) is 0. The van der Waals surface area contributed by atoms with Gasteiger partial charge in [-0.1, -0.05) is 18.2 Å². The molecule has 5 heteroatoms. The Bertz CT molecular complexity index is 974. The Morgan fingerprint density at radius 2 is 2.05 bits per heavy atom. The zero-order valence-electron chi connectivity index (χ0n) is 10.3. The van der Waals surface area contributed by atoms with Crippen molar-refractivity contribution in [2.24, 2.45) is 0 Å². The summed E-state index contributed by atoms with van der Waals surface area (Å²) in [5.74, 6) is 0.807. The zero-order valence-corrected chi connectivity index (χ0v) is 11.1. The lowest BCUT2D eigenvalue weighted by atomic mass is 10.1. The molecule has 0 aliphatic carbocycles. The van der Waals surface area contributed by atoms with E-state index in [1.165, 1.54) is 10.1 Å². The second-order valence-electron chi connectivity index (χ2n) is 4.42. The van der Waals surface area contributed by atoms with Crippen molar-refractivity contribution in [2.75, 3.05) is 0 Å². The number of hydrogen-bond donors (Lipinski definition) is 0. The van der Waals surface area contributed by atoms with Crippen molar-refractivity contribution in [3.63, 3.8) is 0 Å². The molecule has 3 heterocycles. The van der Waals surface area contributed by atoms with Gasteiger partial charge in [0.25, 0.3) is 0 Å². The van der Waals surface area contributed by atoms with E-state index in [1.807, 2.05) is 22.7 Å². The minimum Gasteiger partial charge on any atom is -0.282 e. The van der Waals surface area contributed by atoms with Crippen molar-refractivity contribution in [1.82, 2.24) is 14.6 Å². The summed E-state index contributed by atoms with van der Waals surface area (Å²) in [5, 5.41) is 20.6. The second kappa shape index (κ2) is 4.15. The van der Waals surface area contributed by atoms with Gasteiger partial charge in [0.15, 0.2) is 11.5 Å². The Morgan fingerprint density at radius 3 is 2.95 bits per heavy atom. The maximum Gasteiger partial charge on any atom is 0.169 e. The summed E-state index contributed by atoms with van der Waals surface area (Å²) < 4.78 is 3.14. The van der Waals surface area contributed by atoms with Crippen molar-refractivity contribution < 1.29 is 0 Å². The highest BCUT2D eigenvalue weighted by atomic mass is 32.1. The molecule has 1 aromatic carbocycles. The maximum atomic E-state index is 8.92. The molecule has 0 bridgehead atoms. The Kier molecular flexibility index (Phi) is 2.31. The lowest BCUT2D eigenvalue weighted by molar-refractivity contribution is 1.11. The fourth-order valence-electron chi connectivity index (χ4n) is 2.30. The highest BCUT2D eigenvalue weighted by Gasteiger charge is 2.12. The average molecular weight is 276 g/mol. The SMILES string of the molecule is N#Cc1ccn2c(-c3csc4ccccc34)nnc2c1. The first kappa shape index (κ1) is 11.1. The van der Waals surface area contributed by atoms with E-state index in [9.17, 15) is 0 Å². The number of fused-ring (bicyclic) bond motifs is 2. The molecule has 4 nitrogen and oxygen atoms in total. The van der Waals surface area contributed by atoms with Gasteiger partial charge in [-0.15, -0.1) is 21.5 Å². The molecule has 0 radical (unpaired) electrons. The first-order valence-corrected chi connectivity index (χ1v) is 6.96. The Balaban J connectivity index is 2.01. The monoisotopic (exact) mass is 276 g/mol. The highest BCUT2D eigenvalue weighted by molar-refractivity contribution is 7.17. The predicted octanol–water partition coefficient (Wildman–Crippen LogP) is 3.48. The topological polar surface area (TPSA) is 54.0 Å². The highest BCUT2D eigenvalue weighted by Crippen LogP contribution is 2.32. The van der Waals surface area contributed by atoms with Crippen LogP contribution < -0.4 is 0 Å². The van der Waals surface area contributed by atoms with Gasteiger partial charge in [0.2, 0.25) is 0 Å². The number of rotatable bonds is 1. The van der Waals surface area contributed by atoms with Crippen molar-refractivity contribution >= 4 is 27.1 Å². The molecule has 0 atom stereocenters. The van der Waals surface area contributed by atoms with Crippen molar-refractivity contribution in [2.45, 2.75) is 0 Å². The Morgan fingerprint density at radius 1 is 1.15 bits per heavy atom. The molecule has 3 aromatic heterocycles. The van der Waals surface area contributed by atoms with E-state index in [0.717, 1.165) is 11.4 Å². The number of pyridine rings is 1. The van der Waals surface area contributed by atoms with Crippen LogP contribution in [0.3, 0.4) is 0 Å². The lowest BCUT2D eigenvalue weighted by Gasteiger charge is -1.98. The molecule has 0 unspecified atom stereocenters. The minimum absolute atomic E-state index is 0.589. The summed E-state index contributed by atoms with van der Waals surface area (Å²) in [6, 6.07) is 13.9. The van der Waals surface area contributed by atoms with Crippen LogP contribution in [0.25, 0.3) is 27.1 Å². The van der Waals surface area contributed by atoms with Crippen LogP contribution in [-0.4, -0.2) is 14.6 Å². The molecule has 4 aromatic rings. The van der Waals surface area contributed by atoms with Crippen molar-refractivity contribution in [1.29, 1.82) is 5.26 Å². The summed E-state index contributed by atoms with van der Waals surface area (Å²) in [6.07, 6.45) is 1.84. The van der Waals surface area contributed by atoms with Gasteiger partial charge in [-0.05, 0) is 12.1 Å². The Hall–Kier alpha value is -2.71. The van der Waals surface area contributed by atoms with Gasteiger partial charge in [-0.2, -0.15) is 5.26 Å². The molecule has 94 valence electrons. The number of nitrogens with zero attached hydrogens (tertiary/aromatic N) is 4. The van der Waals surface area contributed by atoms with Gasteiger partial charge in [0.1, 0.15) is 0 Å². The summed E-state index contributed by atoms with van der Waals surface area (Å²) in [6.45, 7) is 0. The van der Waals surface area contributed by atoms with Crippen LogP contribution in [-0.2, 0) is 0 Å². The number of benzene rings is 1. The molecule has 0 amide bonds. The van der Waals surface area contributed by atoms with Crippen LogP contribution >= 0.6 is 11.3 Å². The maximum absolute atomic E-state index is 8.92. The van der Waals surface area contributed by atoms with Crippen molar-refractivity contribution in [3.05, 3.63) is 53.5 Å². The standard InChI is InChI=1S/C15H8N4S/c16-8-10-5-6-19-14(7-10)17-18-15(19)12-9-20-13-4-2-1-3-11(12)13/h1-7,9H. The normalized spacial score (nSPS) is 10.9. The van der Waals surface area contributed by atoms with Crippen molar-refractivity contribution in [3.8, 4) is 17.5 Å². The Labute approximate surface area is 118 Å². The fraction of sp³-hybridized carbons (Fsp3) is 0. The molecular formula is C15H8N4S. The smallest absolute Gasteiger partial charge is 0.169 e. The summed E-state index contributed by atoms with van der Waals surface area (Å²) in [5.41, 5.74) is 2.35. The molecule has 0 aliphatic heterocycles. The van der Waals surface area contributed by atoms with E-state index >= 15 is 0 Å². The number of hydrogen-bond acceptors (Lipinski definition) is 4. The van der Waals surface area contributed by atoms with E-state index in [4.69, 9.17) is 5.26 Å². The molecule has 0 N–H and O–H groups in total. The molecule has 0 aliphatic rings. The van der Waals surface area contributed by atoms with Gasteiger partial charge >= 0.3 is 0 Å². The third kappa shape index (κ3) is 1.52. The molecule has 0 fully saturated rings. The van der Waals surface area contributed by atoms with E-state index in [-0.39, 0.29) is 0 Å². The van der Waals surface area contributed by atoms with Crippen LogP contribution in [0.15, 0.2) is 48.0 Å². The third-order valence-electron chi connectivity index (χ3n) is 3.26. The zero-order chi connectivity index (χ0) is 13.5. The summed E-state index contributed by atoms with van der Waals surface area (Å²) in [7, 11) is 0. The molecule has 4 rings (SSSR count). The predicted molar refractivity (Wildman–Crippen MR) is 78.5 cm³/mol. The van der Waals surface area contributed by atoms with Crippen LogP contribution in [0, 0.1) is 11.3 Å². The van der Waals surface area contributed by atoms with Crippen LogP contribution in [0.5, 0.6) is 0 Å². The molecule has 20 heavy (non-hydrogen) atoms. The van der Waals surface area contributed by atoms with Gasteiger partial charge < -0.3 is 0 Å². The van der Waals surface area contributed by atoms with Gasteiger partial charge in [-0.3, -0.25) is 4.40 Å². The van der Waals surface area contributed by atoms with E-state index in [0.29, 0.717) is 11.2 Å². The van der Waals surface area contributed by atoms with Crippen LogP contribution in [0.1, 0.15) is 5.56 Å². The average Bonchev–Trinajstić information content (AvgIpc) is 3.09. The van der Waals surface area contributed by atoms with Crippen LogP contribution in [0.4, 0.5) is 0 Å². The van der Waals surface area contributed by atoms with Crippen LogP contribution in [0.2, 0.25) is 0 Å². The molecule has 0 saturated heterocycles. The number of thiophene rings is 1. The van der Waals surface area contributed by atoms with Gasteiger partial charge in [-0.25, -0.2) is 0 Å². The van der Waals surface area contributed by atoms with E-state index in [2.05, 4.69) is 33.8 Å². The quantitative estimate of drug-likeness (QED) is 0.535. The largest absolute Gasteiger partial charge is 0.282 e.